The summed E-state index contributed by atoms with van der Waals surface area (Å²) in [6.07, 6.45) is 0.952. The van der Waals surface area contributed by atoms with Crippen molar-refractivity contribution >= 4 is 27.3 Å². The van der Waals surface area contributed by atoms with Crippen molar-refractivity contribution in [3.05, 3.63) is 20.8 Å². The van der Waals surface area contributed by atoms with E-state index in [1.807, 2.05) is 0 Å². The second-order valence-electron chi connectivity index (χ2n) is 3.32. The molecule has 2 nitrogen and oxygen atoms in total. The number of halogens is 1. The highest BCUT2D eigenvalue weighted by molar-refractivity contribution is 9.11. The fourth-order valence-electron chi connectivity index (χ4n) is 1.30. The Bertz CT molecular complexity index is 273. The summed E-state index contributed by atoms with van der Waals surface area (Å²) in [6.45, 7) is 4.40. The molecular weight excluding hydrogens is 262 g/mol. The first-order valence-corrected chi connectivity index (χ1v) is 6.40. The zero-order valence-electron chi connectivity index (χ0n) is 8.46. The Morgan fingerprint density at radius 2 is 2.29 bits per heavy atom. The van der Waals surface area contributed by atoms with E-state index in [0.717, 1.165) is 10.2 Å². The molecule has 0 bridgehead atoms. The monoisotopic (exact) mass is 277 g/mol. The predicted octanol–water partition coefficient (Wildman–Crippen LogP) is 2.93. The molecule has 0 aliphatic heterocycles. The van der Waals surface area contributed by atoms with Crippen LogP contribution in [-0.2, 0) is 0 Å². The Morgan fingerprint density at radius 1 is 1.57 bits per heavy atom. The molecule has 4 heteroatoms. The molecule has 0 aliphatic rings. The molecule has 0 spiro atoms. The Hall–Kier alpha value is 0.1000. The molecule has 2 atom stereocenters. The van der Waals surface area contributed by atoms with E-state index in [1.54, 1.807) is 11.3 Å². The van der Waals surface area contributed by atoms with Crippen LogP contribution in [-0.4, -0.2) is 17.8 Å². The van der Waals surface area contributed by atoms with Crippen LogP contribution in [0.3, 0.4) is 0 Å². The van der Waals surface area contributed by atoms with E-state index in [2.05, 4.69) is 47.2 Å². The Kier molecular flexibility index (Phi) is 5.09. The maximum atomic E-state index is 9.06. The van der Waals surface area contributed by atoms with Crippen LogP contribution in [0.25, 0.3) is 0 Å². The van der Waals surface area contributed by atoms with E-state index in [4.69, 9.17) is 5.11 Å². The standard InChI is InChI=1S/C10H16BrNOS/c1-3-8(6-13)12-7(2)9-4-5-10(11)14-9/h4-5,7-8,12-13H,3,6H2,1-2H3/t7-,8-/m0/s1. The van der Waals surface area contributed by atoms with Crippen molar-refractivity contribution in [2.24, 2.45) is 0 Å². The van der Waals surface area contributed by atoms with Gasteiger partial charge in [0.2, 0.25) is 0 Å². The number of aliphatic hydroxyl groups excluding tert-OH is 1. The van der Waals surface area contributed by atoms with Crippen molar-refractivity contribution in [1.29, 1.82) is 0 Å². The Labute approximate surface area is 97.5 Å². The molecule has 2 N–H and O–H groups in total. The van der Waals surface area contributed by atoms with Gasteiger partial charge in [0, 0.05) is 17.0 Å². The van der Waals surface area contributed by atoms with Gasteiger partial charge in [-0.2, -0.15) is 0 Å². The van der Waals surface area contributed by atoms with Crippen LogP contribution in [0.4, 0.5) is 0 Å². The average Bonchev–Trinajstić information content (AvgIpc) is 2.61. The van der Waals surface area contributed by atoms with Crippen molar-refractivity contribution in [2.75, 3.05) is 6.61 Å². The lowest BCUT2D eigenvalue weighted by molar-refractivity contribution is 0.230. The second kappa shape index (κ2) is 5.85. The fourth-order valence-corrected chi connectivity index (χ4v) is 2.73. The molecule has 1 aromatic heterocycles. The Morgan fingerprint density at radius 3 is 2.71 bits per heavy atom. The molecular formula is C10H16BrNOS. The SMILES string of the molecule is CC[C@@H](CO)N[C@@H](C)c1ccc(Br)s1. The minimum Gasteiger partial charge on any atom is -0.395 e. The van der Waals surface area contributed by atoms with E-state index in [9.17, 15) is 0 Å². The number of aliphatic hydroxyl groups is 1. The highest BCUT2D eigenvalue weighted by Gasteiger charge is 2.12. The molecule has 0 saturated carbocycles. The molecule has 1 rings (SSSR count). The van der Waals surface area contributed by atoms with E-state index in [0.29, 0.717) is 6.04 Å². The summed E-state index contributed by atoms with van der Waals surface area (Å²) >= 11 is 5.17. The quantitative estimate of drug-likeness (QED) is 0.868. The molecule has 14 heavy (non-hydrogen) atoms. The van der Waals surface area contributed by atoms with Crippen LogP contribution < -0.4 is 5.32 Å². The number of rotatable bonds is 5. The van der Waals surface area contributed by atoms with Gasteiger partial charge in [-0.1, -0.05) is 6.92 Å². The maximum absolute atomic E-state index is 9.06. The normalized spacial score (nSPS) is 15.4. The summed E-state index contributed by atoms with van der Waals surface area (Å²) < 4.78 is 1.15. The summed E-state index contributed by atoms with van der Waals surface area (Å²) in [6, 6.07) is 4.67. The molecule has 1 heterocycles. The van der Waals surface area contributed by atoms with Gasteiger partial charge in [0.05, 0.1) is 10.4 Å². The second-order valence-corrected chi connectivity index (χ2v) is 5.81. The lowest BCUT2D eigenvalue weighted by Gasteiger charge is -2.19. The minimum atomic E-state index is 0.200. The largest absolute Gasteiger partial charge is 0.395 e. The van der Waals surface area contributed by atoms with Gasteiger partial charge in [0.15, 0.2) is 0 Å². The third-order valence-corrected chi connectivity index (χ3v) is 4.03. The van der Waals surface area contributed by atoms with Gasteiger partial charge >= 0.3 is 0 Å². The van der Waals surface area contributed by atoms with Crippen molar-refractivity contribution in [3.63, 3.8) is 0 Å². The van der Waals surface area contributed by atoms with Gasteiger partial charge < -0.3 is 10.4 Å². The van der Waals surface area contributed by atoms with Gasteiger partial charge in [-0.3, -0.25) is 0 Å². The molecule has 1 aromatic rings. The smallest absolute Gasteiger partial charge is 0.0701 e. The molecule has 0 saturated heterocycles. The minimum absolute atomic E-state index is 0.200. The first-order chi connectivity index (χ1) is 6.67. The van der Waals surface area contributed by atoms with Gasteiger partial charge in [-0.05, 0) is 41.4 Å². The molecule has 0 unspecified atom stereocenters. The van der Waals surface area contributed by atoms with Gasteiger partial charge in [-0.25, -0.2) is 0 Å². The van der Waals surface area contributed by atoms with Crippen LogP contribution in [0.5, 0.6) is 0 Å². The maximum Gasteiger partial charge on any atom is 0.0701 e. The van der Waals surface area contributed by atoms with Crippen LogP contribution in [0.1, 0.15) is 31.2 Å². The molecule has 0 fully saturated rings. The molecule has 0 aromatic carbocycles. The molecule has 0 radical (unpaired) electrons. The fraction of sp³-hybridized carbons (Fsp3) is 0.600. The van der Waals surface area contributed by atoms with Crippen molar-refractivity contribution < 1.29 is 5.11 Å². The Balaban J connectivity index is 2.53. The first-order valence-electron chi connectivity index (χ1n) is 4.79. The van der Waals surface area contributed by atoms with Crippen LogP contribution >= 0.6 is 27.3 Å². The van der Waals surface area contributed by atoms with E-state index < -0.39 is 0 Å². The van der Waals surface area contributed by atoms with E-state index >= 15 is 0 Å². The first kappa shape index (κ1) is 12.2. The average molecular weight is 278 g/mol. The van der Waals surface area contributed by atoms with Crippen molar-refractivity contribution in [1.82, 2.24) is 5.32 Å². The van der Waals surface area contributed by atoms with E-state index in [1.165, 1.54) is 4.88 Å². The van der Waals surface area contributed by atoms with E-state index in [-0.39, 0.29) is 12.6 Å². The summed E-state index contributed by atoms with van der Waals surface area (Å²) in [5, 5.41) is 12.4. The summed E-state index contributed by atoms with van der Waals surface area (Å²) in [4.78, 5) is 1.30. The molecule has 0 aliphatic carbocycles. The third-order valence-electron chi connectivity index (χ3n) is 2.22. The summed E-state index contributed by atoms with van der Waals surface area (Å²) in [5.74, 6) is 0. The van der Waals surface area contributed by atoms with Crippen LogP contribution in [0.2, 0.25) is 0 Å². The number of hydrogen-bond acceptors (Lipinski definition) is 3. The summed E-state index contributed by atoms with van der Waals surface area (Å²) in [5.41, 5.74) is 0. The highest BCUT2D eigenvalue weighted by Crippen LogP contribution is 2.27. The number of hydrogen-bond donors (Lipinski definition) is 2. The lowest BCUT2D eigenvalue weighted by atomic mass is 10.2. The van der Waals surface area contributed by atoms with Gasteiger partial charge in [0.1, 0.15) is 0 Å². The van der Waals surface area contributed by atoms with Crippen molar-refractivity contribution in [3.8, 4) is 0 Å². The van der Waals surface area contributed by atoms with Crippen LogP contribution in [0, 0.1) is 0 Å². The highest BCUT2D eigenvalue weighted by atomic mass is 79.9. The van der Waals surface area contributed by atoms with Crippen LogP contribution in [0.15, 0.2) is 15.9 Å². The predicted molar refractivity (Wildman–Crippen MR) is 64.7 cm³/mol. The van der Waals surface area contributed by atoms with Gasteiger partial charge in [0.25, 0.3) is 0 Å². The zero-order valence-corrected chi connectivity index (χ0v) is 10.9. The topological polar surface area (TPSA) is 32.3 Å². The van der Waals surface area contributed by atoms with Gasteiger partial charge in [-0.15, -0.1) is 11.3 Å². The summed E-state index contributed by atoms with van der Waals surface area (Å²) in [7, 11) is 0. The molecule has 80 valence electrons. The zero-order chi connectivity index (χ0) is 10.6. The number of thiophene rings is 1. The molecule has 0 amide bonds. The lowest BCUT2D eigenvalue weighted by Crippen LogP contribution is -2.33. The number of nitrogens with one attached hydrogen (secondary N) is 1. The van der Waals surface area contributed by atoms with Crippen molar-refractivity contribution in [2.45, 2.75) is 32.4 Å². The third kappa shape index (κ3) is 3.35.